The Morgan fingerprint density at radius 1 is 0.978 bits per heavy atom. The number of amides is 4. The van der Waals surface area contributed by atoms with Crippen molar-refractivity contribution in [1.29, 1.82) is 0 Å². The monoisotopic (exact) mass is 669 g/mol. The summed E-state index contributed by atoms with van der Waals surface area (Å²) in [6.07, 6.45) is 5.15. The van der Waals surface area contributed by atoms with Gasteiger partial charge in [0.05, 0.1) is 28.9 Å². The van der Waals surface area contributed by atoms with Crippen molar-refractivity contribution >= 4 is 52.2 Å². The fourth-order valence-corrected chi connectivity index (χ4v) is 8.71. The van der Waals surface area contributed by atoms with Crippen molar-refractivity contribution in [3.63, 3.8) is 0 Å². The van der Waals surface area contributed by atoms with Crippen LogP contribution < -0.4 is 11.1 Å². The lowest BCUT2D eigenvalue weighted by Crippen LogP contribution is -2.55. The molecule has 1 atom stereocenters. The van der Waals surface area contributed by atoms with Gasteiger partial charge in [-0.05, 0) is 81.2 Å². The summed E-state index contributed by atoms with van der Waals surface area (Å²) < 4.78 is 0. The zero-order valence-electron chi connectivity index (χ0n) is 27.2. The number of hydrogen-bond acceptors (Lipinski definition) is 7. The molecule has 0 saturated carbocycles. The lowest BCUT2D eigenvalue weighted by Gasteiger charge is -2.43. The minimum Gasteiger partial charge on any atom is -0.397 e. The molecule has 5 heterocycles. The molecule has 0 bridgehead atoms. The Morgan fingerprint density at radius 3 is 2.37 bits per heavy atom. The topological polar surface area (TPSA) is 105 Å². The lowest BCUT2D eigenvalue weighted by molar-refractivity contribution is -0.143. The SMILES string of the molecule is CCc1cc(C[C@@H](CC(=O)N2CCC(N3Cc4cscc4NC3=O)CC2)C(=O)N2CCN(C3CCN(C)CC3)CC2)cc(Cl)c1N. The number of likely N-dealkylation sites (tertiary alicyclic amines) is 2. The van der Waals surface area contributed by atoms with Gasteiger partial charge in [0.25, 0.3) is 0 Å². The third kappa shape index (κ3) is 7.32. The molecule has 6 rings (SSSR count). The van der Waals surface area contributed by atoms with Crippen LogP contribution in [-0.2, 0) is 29.0 Å². The number of nitrogens with zero attached hydrogens (tertiary/aromatic N) is 5. The van der Waals surface area contributed by atoms with E-state index in [1.807, 2.05) is 39.1 Å². The number of anilines is 2. The molecule has 2 aromatic rings. The fraction of sp³-hybridized carbons (Fsp3) is 0.618. The molecule has 0 spiro atoms. The maximum Gasteiger partial charge on any atom is 0.322 e. The molecule has 1 aromatic carbocycles. The van der Waals surface area contributed by atoms with Gasteiger partial charge < -0.3 is 30.7 Å². The highest BCUT2D eigenvalue weighted by molar-refractivity contribution is 7.08. The van der Waals surface area contributed by atoms with Crippen molar-refractivity contribution in [2.75, 3.05) is 70.5 Å². The van der Waals surface area contributed by atoms with Crippen molar-refractivity contribution in [3.8, 4) is 0 Å². The molecule has 0 unspecified atom stereocenters. The highest BCUT2D eigenvalue weighted by atomic mass is 35.5. The first kappa shape index (κ1) is 33.1. The van der Waals surface area contributed by atoms with Crippen molar-refractivity contribution < 1.29 is 14.4 Å². The summed E-state index contributed by atoms with van der Waals surface area (Å²) in [7, 11) is 2.18. The van der Waals surface area contributed by atoms with E-state index in [2.05, 4.69) is 27.5 Å². The summed E-state index contributed by atoms with van der Waals surface area (Å²) in [6.45, 7) is 9.17. The average Bonchev–Trinajstić information content (AvgIpc) is 3.53. The second kappa shape index (κ2) is 14.5. The van der Waals surface area contributed by atoms with Gasteiger partial charge in [-0.2, -0.15) is 0 Å². The van der Waals surface area contributed by atoms with E-state index in [9.17, 15) is 14.4 Å². The number of piperazine rings is 1. The normalized spacial score (nSPS) is 21.3. The smallest absolute Gasteiger partial charge is 0.322 e. The number of rotatable bonds is 8. The summed E-state index contributed by atoms with van der Waals surface area (Å²) in [5.41, 5.74) is 10.8. The van der Waals surface area contributed by atoms with E-state index in [0.717, 1.165) is 67.8 Å². The highest BCUT2D eigenvalue weighted by Crippen LogP contribution is 2.32. The summed E-state index contributed by atoms with van der Waals surface area (Å²) >= 11 is 8.11. The van der Waals surface area contributed by atoms with Crippen LogP contribution in [0.25, 0.3) is 0 Å². The number of piperidine rings is 2. The van der Waals surface area contributed by atoms with Gasteiger partial charge in [0.2, 0.25) is 11.8 Å². The molecule has 12 heteroatoms. The number of carbonyl (C=O) groups is 3. The predicted molar refractivity (Wildman–Crippen MR) is 184 cm³/mol. The number of urea groups is 1. The average molecular weight is 670 g/mol. The Kier molecular flexibility index (Phi) is 10.4. The van der Waals surface area contributed by atoms with E-state index < -0.39 is 5.92 Å². The Morgan fingerprint density at radius 2 is 1.67 bits per heavy atom. The summed E-state index contributed by atoms with van der Waals surface area (Å²) in [5, 5.41) is 7.56. The van der Waals surface area contributed by atoms with Gasteiger partial charge in [-0.25, -0.2) is 4.79 Å². The van der Waals surface area contributed by atoms with Gasteiger partial charge in [-0.15, -0.1) is 11.3 Å². The molecule has 3 N–H and O–H groups in total. The minimum absolute atomic E-state index is 0.00207. The van der Waals surface area contributed by atoms with Gasteiger partial charge in [0, 0.05) is 68.7 Å². The number of fused-ring (bicyclic) bond motifs is 1. The Bertz CT molecular complexity index is 1410. The largest absolute Gasteiger partial charge is 0.397 e. The van der Waals surface area contributed by atoms with Crippen LogP contribution in [0, 0.1) is 5.92 Å². The van der Waals surface area contributed by atoms with Gasteiger partial charge >= 0.3 is 6.03 Å². The van der Waals surface area contributed by atoms with Gasteiger partial charge in [0.15, 0.2) is 0 Å². The quantitative estimate of drug-likeness (QED) is 0.405. The standard InChI is InChI=1S/C34H48ClN7O3S/c1-3-24-16-23(18-29(35)32(24)36)17-25(33(44)41-14-12-39(13-15-41)27-4-8-38(2)9-5-27)19-31(43)40-10-6-28(7-11-40)42-20-26-21-46-22-30(26)37-34(42)45/h16,18,21-22,25,27-28H,3-15,17,19-20,36H2,1-2H3,(H,37,45)/t25-/m0/s1. The van der Waals surface area contributed by atoms with Crippen molar-refractivity contribution in [3.05, 3.63) is 44.6 Å². The second-order valence-corrected chi connectivity index (χ2v) is 14.6. The number of nitrogen functional groups attached to an aromatic ring is 1. The van der Waals surface area contributed by atoms with E-state index in [1.165, 1.54) is 12.8 Å². The number of hydrogen-bond donors (Lipinski definition) is 2. The Balaban J connectivity index is 1.10. The molecule has 4 amide bonds. The zero-order valence-corrected chi connectivity index (χ0v) is 28.8. The molecule has 1 aromatic heterocycles. The summed E-state index contributed by atoms with van der Waals surface area (Å²) in [5.74, 6) is -0.426. The van der Waals surface area contributed by atoms with Crippen molar-refractivity contribution in [2.24, 2.45) is 5.92 Å². The molecule has 4 aliphatic rings. The number of nitrogens with one attached hydrogen (secondary N) is 1. The molecular weight excluding hydrogens is 622 g/mol. The number of aryl methyl sites for hydroxylation is 1. The van der Waals surface area contributed by atoms with Gasteiger partial charge in [0.1, 0.15) is 0 Å². The molecule has 0 radical (unpaired) electrons. The number of thiophene rings is 1. The molecule has 46 heavy (non-hydrogen) atoms. The number of benzene rings is 1. The molecule has 4 aliphatic heterocycles. The van der Waals surface area contributed by atoms with Crippen LogP contribution in [-0.4, -0.2) is 114 Å². The van der Waals surface area contributed by atoms with Gasteiger partial charge in [-0.1, -0.05) is 24.6 Å². The highest BCUT2D eigenvalue weighted by Gasteiger charge is 2.36. The molecule has 0 aliphatic carbocycles. The first-order valence-corrected chi connectivity index (χ1v) is 18.2. The molecule has 3 saturated heterocycles. The van der Waals surface area contributed by atoms with E-state index in [0.29, 0.717) is 55.9 Å². The molecular formula is C34H48ClN7O3S. The maximum absolute atomic E-state index is 14.1. The summed E-state index contributed by atoms with van der Waals surface area (Å²) in [6, 6.07) is 4.50. The van der Waals surface area contributed by atoms with E-state index in [-0.39, 0.29) is 30.3 Å². The van der Waals surface area contributed by atoms with E-state index in [1.54, 1.807) is 11.3 Å². The van der Waals surface area contributed by atoms with Crippen LogP contribution in [0.15, 0.2) is 22.9 Å². The predicted octanol–water partition coefficient (Wildman–Crippen LogP) is 4.37. The molecule has 10 nitrogen and oxygen atoms in total. The lowest BCUT2D eigenvalue weighted by atomic mass is 9.91. The number of carbonyl (C=O) groups excluding carboxylic acids is 3. The van der Waals surface area contributed by atoms with Gasteiger partial charge in [-0.3, -0.25) is 14.5 Å². The Hall–Kier alpha value is -2.86. The van der Waals surface area contributed by atoms with Crippen LogP contribution in [0.2, 0.25) is 5.02 Å². The van der Waals surface area contributed by atoms with E-state index in [4.69, 9.17) is 17.3 Å². The fourth-order valence-electron chi connectivity index (χ4n) is 7.66. The third-order valence-corrected chi connectivity index (χ3v) is 11.7. The number of halogens is 1. The molecule has 3 fully saturated rings. The Labute approximate surface area is 281 Å². The zero-order chi connectivity index (χ0) is 32.4. The van der Waals surface area contributed by atoms with E-state index >= 15 is 0 Å². The number of nitrogens with two attached hydrogens (primary N) is 1. The second-order valence-electron chi connectivity index (χ2n) is 13.5. The molecule has 250 valence electrons. The van der Waals surface area contributed by atoms with Crippen molar-refractivity contribution in [2.45, 2.75) is 70.5 Å². The van der Waals surface area contributed by atoms with Crippen LogP contribution in [0.3, 0.4) is 0 Å². The van der Waals surface area contributed by atoms with Crippen molar-refractivity contribution in [1.82, 2.24) is 24.5 Å². The minimum atomic E-state index is -0.477. The first-order chi connectivity index (χ1) is 22.2. The van der Waals surface area contributed by atoms with Crippen LogP contribution in [0.4, 0.5) is 16.2 Å². The van der Waals surface area contributed by atoms with Crippen LogP contribution in [0.1, 0.15) is 55.7 Å². The first-order valence-electron chi connectivity index (χ1n) is 16.9. The maximum atomic E-state index is 14.1. The third-order valence-electron chi connectivity index (χ3n) is 10.6. The van der Waals surface area contributed by atoms with Crippen LogP contribution in [0.5, 0.6) is 0 Å². The summed E-state index contributed by atoms with van der Waals surface area (Å²) in [4.78, 5) is 51.5. The van der Waals surface area contributed by atoms with Crippen LogP contribution >= 0.6 is 22.9 Å².